The molecule has 0 aromatic heterocycles. The Labute approximate surface area is 262 Å². The molecule has 4 N–H and O–H groups in total. The summed E-state index contributed by atoms with van der Waals surface area (Å²) in [5, 5.41) is 13.5. The number of sulfonamides is 1. The Morgan fingerprint density at radius 3 is 2.49 bits per heavy atom. The number of ether oxygens (including phenoxy) is 2. The van der Waals surface area contributed by atoms with Crippen molar-refractivity contribution >= 4 is 29.6 Å². The summed E-state index contributed by atoms with van der Waals surface area (Å²) in [6.07, 6.45) is -0.807. The van der Waals surface area contributed by atoms with Crippen molar-refractivity contribution in [2.75, 3.05) is 32.1 Å². The molecule has 5 atom stereocenters. The van der Waals surface area contributed by atoms with E-state index < -0.39 is 61.1 Å². The first kappa shape index (κ1) is 33.8. The van der Waals surface area contributed by atoms with E-state index in [1.807, 2.05) is 0 Å². The van der Waals surface area contributed by atoms with Crippen LogP contribution in [0.3, 0.4) is 0 Å². The molecule has 2 aromatic carbocycles. The van der Waals surface area contributed by atoms with Crippen molar-refractivity contribution in [3.05, 3.63) is 60.2 Å². The van der Waals surface area contributed by atoms with Crippen LogP contribution in [0.5, 0.6) is 0 Å². The number of amides is 1. The summed E-state index contributed by atoms with van der Waals surface area (Å²) >= 11 is 0. The third-order valence-corrected chi connectivity index (χ3v) is 10.7. The molecule has 1 saturated carbocycles. The highest BCUT2D eigenvalue weighted by molar-refractivity contribution is 7.89. The van der Waals surface area contributed by atoms with Crippen LogP contribution in [0.1, 0.15) is 37.7 Å². The second-order valence-electron chi connectivity index (χ2n) is 11.5. The third kappa shape index (κ3) is 8.23. The molecule has 2 saturated heterocycles. The summed E-state index contributed by atoms with van der Waals surface area (Å²) in [6, 6.07) is 12.8. The Morgan fingerprint density at radius 1 is 1.09 bits per heavy atom. The second-order valence-corrected chi connectivity index (χ2v) is 14.5. The first-order valence-electron chi connectivity index (χ1n) is 15.0. The molecule has 3 aliphatic rings. The molecule has 2 heterocycles. The standard InChI is InChI=1S/C29H40N3O11PS/c1-30-21-10-7-13-23(17-21)45(38,39)31(42-22-11-5-6-12-22)18-27(43-44(35,36)37)25(16-20-8-3-2-4-9-20)32(29(33)34)26-19-41-28-24(26)14-15-40-28/h2-4,7-10,13,17,22,24-28,30H,5-6,11-12,14-16,18-19H2,1H3,(H,33,34)(H2,35,36,37)/t24-,25-,26-,27+,28+/m0/s1. The van der Waals surface area contributed by atoms with Gasteiger partial charge in [0.25, 0.3) is 10.0 Å². The number of carbonyl (C=O) groups is 1. The van der Waals surface area contributed by atoms with Crippen LogP contribution in [-0.4, -0.2) is 96.2 Å². The van der Waals surface area contributed by atoms with Gasteiger partial charge in [-0.25, -0.2) is 17.8 Å². The second kappa shape index (κ2) is 14.4. The summed E-state index contributed by atoms with van der Waals surface area (Å²) in [5.74, 6) is -0.325. The monoisotopic (exact) mass is 669 g/mol. The number of phosphoric ester groups is 1. The summed E-state index contributed by atoms with van der Waals surface area (Å²) in [4.78, 5) is 40.3. The van der Waals surface area contributed by atoms with E-state index in [0.29, 0.717) is 41.6 Å². The molecular formula is C29H40N3O11PS. The molecule has 0 radical (unpaired) electrons. The first-order valence-corrected chi connectivity index (χ1v) is 17.9. The van der Waals surface area contributed by atoms with E-state index in [1.165, 1.54) is 12.1 Å². The quantitative estimate of drug-likeness (QED) is 0.170. The molecule has 248 valence electrons. The smallest absolute Gasteiger partial charge is 0.465 e. The van der Waals surface area contributed by atoms with Crippen LogP contribution in [0.15, 0.2) is 59.5 Å². The van der Waals surface area contributed by atoms with E-state index in [4.69, 9.17) is 18.8 Å². The molecule has 1 aliphatic carbocycles. The number of hydrogen-bond donors (Lipinski definition) is 4. The van der Waals surface area contributed by atoms with Gasteiger partial charge in [-0.1, -0.05) is 53.7 Å². The van der Waals surface area contributed by atoms with Gasteiger partial charge in [0.2, 0.25) is 0 Å². The minimum Gasteiger partial charge on any atom is -0.465 e. The highest BCUT2D eigenvalue weighted by Crippen LogP contribution is 2.42. The average Bonchev–Trinajstić information content (AvgIpc) is 3.76. The number of phosphoric acid groups is 1. The molecule has 3 fully saturated rings. The minimum absolute atomic E-state index is 0.00699. The predicted octanol–water partition coefficient (Wildman–Crippen LogP) is 3.42. The number of nitrogens with zero attached hydrogens (tertiary/aromatic N) is 2. The summed E-state index contributed by atoms with van der Waals surface area (Å²) in [6.45, 7) is -0.335. The van der Waals surface area contributed by atoms with Gasteiger partial charge < -0.3 is 29.7 Å². The fraction of sp³-hybridized carbons (Fsp3) is 0.552. The molecular weight excluding hydrogens is 629 g/mol. The Hall–Kier alpha value is -2.59. The van der Waals surface area contributed by atoms with E-state index in [9.17, 15) is 32.7 Å². The van der Waals surface area contributed by atoms with Crippen LogP contribution >= 0.6 is 7.82 Å². The number of benzene rings is 2. The SMILES string of the molecule is CNc1cccc(S(=O)(=O)N(C[C@@H](OP(=O)(O)O)[C@H](Cc2ccccc2)N(C(=O)O)[C@H]2CO[C@H]3OCC[C@H]32)OC2CCCC2)c1. The van der Waals surface area contributed by atoms with Crippen molar-refractivity contribution in [3.63, 3.8) is 0 Å². The molecule has 0 unspecified atom stereocenters. The number of carboxylic acid groups (broad SMARTS) is 1. The van der Waals surface area contributed by atoms with E-state index in [0.717, 1.165) is 17.7 Å². The molecule has 0 bridgehead atoms. The minimum atomic E-state index is -5.30. The van der Waals surface area contributed by atoms with Crippen molar-refractivity contribution in [1.29, 1.82) is 0 Å². The fourth-order valence-corrected chi connectivity index (χ4v) is 8.26. The number of hydrogen-bond acceptors (Lipinski definition) is 9. The van der Waals surface area contributed by atoms with Gasteiger partial charge in [0.1, 0.15) is 6.10 Å². The highest BCUT2D eigenvalue weighted by Gasteiger charge is 2.50. The zero-order chi connectivity index (χ0) is 32.2. The summed E-state index contributed by atoms with van der Waals surface area (Å²) in [5.41, 5.74) is 1.17. The average molecular weight is 670 g/mol. The third-order valence-electron chi connectivity index (χ3n) is 8.52. The number of rotatable bonds is 14. The number of nitrogens with one attached hydrogen (secondary N) is 1. The van der Waals surface area contributed by atoms with Gasteiger partial charge in [-0.3, -0.25) is 14.3 Å². The van der Waals surface area contributed by atoms with E-state index in [1.54, 1.807) is 49.5 Å². The lowest BCUT2D eigenvalue weighted by Crippen LogP contribution is -2.58. The van der Waals surface area contributed by atoms with Crippen molar-refractivity contribution in [2.24, 2.45) is 5.92 Å². The van der Waals surface area contributed by atoms with Crippen molar-refractivity contribution < 1.29 is 51.5 Å². The van der Waals surface area contributed by atoms with Crippen LogP contribution in [0, 0.1) is 5.92 Å². The van der Waals surface area contributed by atoms with Crippen molar-refractivity contribution in [2.45, 2.75) is 74.0 Å². The lowest BCUT2D eigenvalue weighted by Gasteiger charge is -2.41. The van der Waals surface area contributed by atoms with E-state index in [2.05, 4.69) is 5.32 Å². The highest BCUT2D eigenvalue weighted by atomic mass is 32.2. The summed E-state index contributed by atoms with van der Waals surface area (Å²) in [7, 11) is -8.08. The molecule has 0 spiro atoms. The maximum atomic E-state index is 14.1. The molecule has 14 nitrogen and oxygen atoms in total. The van der Waals surface area contributed by atoms with Gasteiger partial charge in [-0.15, -0.1) is 0 Å². The van der Waals surface area contributed by atoms with Crippen molar-refractivity contribution in [3.8, 4) is 0 Å². The largest absolute Gasteiger partial charge is 0.469 e. The van der Waals surface area contributed by atoms with Crippen LogP contribution < -0.4 is 5.32 Å². The Kier molecular flexibility index (Phi) is 10.8. The fourth-order valence-electron chi connectivity index (χ4n) is 6.36. The van der Waals surface area contributed by atoms with Gasteiger partial charge in [0, 0.05) is 18.7 Å². The zero-order valence-electron chi connectivity index (χ0n) is 24.9. The normalized spacial score (nSPS) is 23.6. The predicted molar refractivity (Wildman–Crippen MR) is 162 cm³/mol. The van der Waals surface area contributed by atoms with Gasteiger partial charge in [0.05, 0.1) is 42.8 Å². The van der Waals surface area contributed by atoms with Gasteiger partial charge >= 0.3 is 13.9 Å². The summed E-state index contributed by atoms with van der Waals surface area (Å²) < 4.78 is 58.2. The topological polar surface area (TPSA) is 184 Å². The van der Waals surface area contributed by atoms with Gasteiger partial charge in [-0.2, -0.15) is 0 Å². The van der Waals surface area contributed by atoms with Crippen molar-refractivity contribution in [1.82, 2.24) is 9.37 Å². The van der Waals surface area contributed by atoms with Crippen LogP contribution in [0.4, 0.5) is 10.5 Å². The number of fused-ring (bicyclic) bond motifs is 1. The number of anilines is 1. The molecule has 1 amide bonds. The van der Waals surface area contributed by atoms with Crippen LogP contribution in [-0.2, 0) is 39.8 Å². The van der Waals surface area contributed by atoms with Gasteiger partial charge in [-0.05, 0) is 49.4 Å². The lowest BCUT2D eigenvalue weighted by molar-refractivity contribution is -0.147. The maximum Gasteiger partial charge on any atom is 0.469 e. The number of hydroxylamine groups is 1. The zero-order valence-corrected chi connectivity index (χ0v) is 26.6. The molecule has 2 aromatic rings. The van der Waals surface area contributed by atoms with E-state index >= 15 is 0 Å². The Balaban J connectivity index is 1.58. The molecule has 16 heteroatoms. The van der Waals surface area contributed by atoms with Gasteiger partial charge in [0.15, 0.2) is 6.29 Å². The van der Waals surface area contributed by atoms with Crippen LogP contribution in [0.25, 0.3) is 0 Å². The maximum absolute atomic E-state index is 14.1. The Morgan fingerprint density at radius 2 is 1.82 bits per heavy atom. The first-order chi connectivity index (χ1) is 21.5. The Bertz CT molecular complexity index is 1450. The lowest BCUT2D eigenvalue weighted by atomic mass is 9.93. The molecule has 5 rings (SSSR count). The van der Waals surface area contributed by atoms with Crippen LogP contribution in [0.2, 0.25) is 0 Å². The van der Waals surface area contributed by atoms with E-state index in [-0.39, 0.29) is 23.8 Å². The molecule has 45 heavy (non-hydrogen) atoms. The molecule has 2 aliphatic heterocycles.